The smallest absolute Gasteiger partial charge is 0.350 e. The zero-order chi connectivity index (χ0) is 19.9. The quantitative estimate of drug-likeness (QED) is 0.585. The van der Waals surface area contributed by atoms with Crippen LogP contribution in [-0.4, -0.2) is 25.6 Å². The maximum atomic E-state index is 12.5. The summed E-state index contributed by atoms with van der Waals surface area (Å²) in [7, 11) is 1.33. The van der Waals surface area contributed by atoms with Crippen molar-refractivity contribution in [2.45, 2.75) is 13.3 Å². The fraction of sp³-hybridized carbons (Fsp3) is 0.182. The van der Waals surface area contributed by atoms with Crippen molar-refractivity contribution in [3.8, 4) is 16.2 Å². The molecule has 28 heavy (non-hydrogen) atoms. The van der Waals surface area contributed by atoms with Crippen molar-refractivity contribution in [2.75, 3.05) is 19.0 Å². The molecule has 0 atom stereocenters. The number of benzene rings is 2. The number of thiophene rings is 1. The SMILES string of the molecule is CCOc1ccc(CC(=O)Nc2cc(-c3ccccc3)sc2C(=O)OC)cc1. The fourth-order valence-electron chi connectivity index (χ4n) is 2.72. The molecule has 0 saturated heterocycles. The van der Waals surface area contributed by atoms with Gasteiger partial charge in [-0.2, -0.15) is 0 Å². The van der Waals surface area contributed by atoms with E-state index in [0.29, 0.717) is 17.2 Å². The largest absolute Gasteiger partial charge is 0.494 e. The van der Waals surface area contributed by atoms with Crippen molar-refractivity contribution in [2.24, 2.45) is 0 Å². The van der Waals surface area contributed by atoms with Gasteiger partial charge in [-0.05, 0) is 36.2 Å². The van der Waals surface area contributed by atoms with Gasteiger partial charge >= 0.3 is 5.97 Å². The Morgan fingerprint density at radius 1 is 1.04 bits per heavy atom. The molecular formula is C22H21NO4S. The molecule has 1 amide bonds. The lowest BCUT2D eigenvalue weighted by Gasteiger charge is -2.07. The number of amides is 1. The number of nitrogens with one attached hydrogen (secondary N) is 1. The summed E-state index contributed by atoms with van der Waals surface area (Å²) >= 11 is 1.30. The highest BCUT2D eigenvalue weighted by Crippen LogP contribution is 2.35. The summed E-state index contributed by atoms with van der Waals surface area (Å²) in [6, 6.07) is 18.9. The van der Waals surface area contributed by atoms with Crippen LogP contribution in [0.1, 0.15) is 22.2 Å². The van der Waals surface area contributed by atoms with Crippen molar-refractivity contribution in [1.29, 1.82) is 0 Å². The lowest BCUT2D eigenvalue weighted by atomic mass is 10.1. The molecule has 0 aliphatic carbocycles. The van der Waals surface area contributed by atoms with E-state index < -0.39 is 5.97 Å². The number of rotatable bonds is 7. The summed E-state index contributed by atoms with van der Waals surface area (Å²) in [6.45, 7) is 2.52. The molecule has 0 fully saturated rings. The number of hydrogen-bond donors (Lipinski definition) is 1. The van der Waals surface area contributed by atoms with Crippen LogP contribution in [0.15, 0.2) is 60.7 Å². The second-order valence-electron chi connectivity index (χ2n) is 6.01. The van der Waals surface area contributed by atoms with E-state index in [-0.39, 0.29) is 12.3 Å². The average molecular weight is 395 g/mol. The highest BCUT2D eigenvalue weighted by Gasteiger charge is 2.19. The van der Waals surface area contributed by atoms with Gasteiger partial charge in [0, 0.05) is 4.88 Å². The van der Waals surface area contributed by atoms with Crippen molar-refractivity contribution >= 4 is 28.9 Å². The van der Waals surface area contributed by atoms with Gasteiger partial charge in [-0.3, -0.25) is 4.79 Å². The lowest BCUT2D eigenvalue weighted by molar-refractivity contribution is -0.115. The molecule has 0 aliphatic heterocycles. The Labute approximate surface area is 167 Å². The zero-order valence-electron chi connectivity index (χ0n) is 15.7. The maximum Gasteiger partial charge on any atom is 0.350 e. The highest BCUT2D eigenvalue weighted by molar-refractivity contribution is 7.18. The first-order valence-electron chi connectivity index (χ1n) is 8.90. The molecular weight excluding hydrogens is 374 g/mol. The Morgan fingerprint density at radius 2 is 1.75 bits per heavy atom. The lowest BCUT2D eigenvalue weighted by Crippen LogP contribution is -2.16. The molecule has 144 valence electrons. The summed E-state index contributed by atoms with van der Waals surface area (Å²) in [5.41, 5.74) is 2.30. The van der Waals surface area contributed by atoms with Crippen LogP contribution in [0.2, 0.25) is 0 Å². The van der Waals surface area contributed by atoms with E-state index in [9.17, 15) is 9.59 Å². The van der Waals surface area contributed by atoms with E-state index in [1.807, 2.05) is 67.6 Å². The van der Waals surface area contributed by atoms with E-state index in [1.54, 1.807) is 0 Å². The molecule has 0 saturated carbocycles. The zero-order valence-corrected chi connectivity index (χ0v) is 16.5. The van der Waals surface area contributed by atoms with Crippen LogP contribution < -0.4 is 10.1 Å². The minimum absolute atomic E-state index is 0.198. The van der Waals surface area contributed by atoms with Crippen LogP contribution >= 0.6 is 11.3 Å². The summed E-state index contributed by atoms with van der Waals surface area (Å²) in [4.78, 5) is 25.9. The predicted molar refractivity (Wildman–Crippen MR) is 111 cm³/mol. The number of esters is 1. The van der Waals surface area contributed by atoms with E-state index in [4.69, 9.17) is 9.47 Å². The van der Waals surface area contributed by atoms with E-state index in [1.165, 1.54) is 18.4 Å². The van der Waals surface area contributed by atoms with Gasteiger partial charge in [0.15, 0.2) is 0 Å². The van der Waals surface area contributed by atoms with Gasteiger partial charge < -0.3 is 14.8 Å². The van der Waals surface area contributed by atoms with E-state index in [0.717, 1.165) is 21.8 Å². The summed E-state index contributed by atoms with van der Waals surface area (Å²) in [6.07, 6.45) is 0.198. The van der Waals surface area contributed by atoms with Gasteiger partial charge in [-0.25, -0.2) is 4.79 Å². The van der Waals surface area contributed by atoms with Gasteiger partial charge in [0.2, 0.25) is 5.91 Å². The molecule has 1 N–H and O–H groups in total. The minimum Gasteiger partial charge on any atom is -0.494 e. The molecule has 0 bridgehead atoms. The van der Waals surface area contributed by atoms with Crippen LogP contribution in [0.25, 0.3) is 10.4 Å². The van der Waals surface area contributed by atoms with Crippen LogP contribution in [0.4, 0.5) is 5.69 Å². The molecule has 0 spiro atoms. The Kier molecular flexibility index (Phi) is 6.45. The molecule has 3 rings (SSSR count). The molecule has 6 heteroatoms. The monoisotopic (exact) mass is 395 g/mol. The number of carbonyl (C=O) groups excluding carboxylic acids is 2. The van der Waals surface area contributed by atoms with Gasteiger partial charge in [0.05, 0.1) is 25.8 Å². The molecule has 0 unspecified atom stereocenters. The third-order valence-corrected chi connectivity index (χ3v) is 5.20. The van der Waals surface area contributed by atoms with Gasteiger partial charge in [0.25, 0.3) is 0 Å². The molecule has 2 aromatic carbocycles. The first-order valence-corrected chi connectivity index (χ1v) is 9.71. The Balaban J connectivity index is 1.77. The molecule has 3 aromatic rings. The van der Waals surface area contributed by atoms with Crippen LogP contribution in [0.3, 0.4) is 0 Å². The molecule has 0 radical (unpaired) electrons. The van der Waals surface area contributed by atoms with E-state index in [2.05, 4.69) is 5.32 Å². The van der Waals surface area contributed by atoms with Crippen LogP contribution in [0, 0.1) is 0 Å². The van der Waals surface area contributed by atoms with Crippen LogP contribution in [-0.2, 0) is 16.0 Å². The highest BCUT2D eigenvalue weighted by atomic mass is 32.1. The normalized spacial score (nSPS) is 10.4. The number of methoxy groups -OCH3 is 1. The Morgan fingerprint density at radius 3 is 2.39 bits per heavy atom. The second kappa shape index (κ2) is 9.19. The van der Waals surface area contributed by atoms with Crippen molar-refractivity contribution in [3.05, 3.63) is 71.1 Å². The molecule has 5 nitrogen and oxygen atoms in total. The Hall–Kier alpha value is -3.12. The number of hydrogen-bond acceptors (Lipinski definition) is 5. The van der Waals surface area contributed by atoms with Crippen molar-refractivity contribution in [1.82, 2.24) is 0 Å². The molecule has 1 heterocycles. The topological polar surface area (TPSA) is 64.6 Å². The van der Waals surface area contributed by atoms with Gasteiger partial charge in [0.1, 0.15) is 10.6 Å². The number of ether oxygens (including phenoxy) is 2. The number of anilines is 1. The average Bonchev–Trinajstić information content (AvgIpc) is 3.13. The van der Waals surface area contributed by atoms with Gasteiger partial charge in [-0.15, -0.1) is 11.3 Å². The third-order valence-electron chi connectivity index (χ3n) is 4.03. The summed E-state index contributed by atoms with van der Waals surface area (Å²) in [5, 5.41) is 2.84. The van der Waals surface area contributed by atoms with Gasteiger partial charge in [-0.1, -0.05) is 42.5 Å². The first kappa shape index (κ1) is 19.6. The summed E-state index contributed by atoms with van der Waals surface area (Å²) < 4.78 is 10.3. The Bertz CT molecular complexity index is 948. The fourth-order valence-corrected chi connectivity index (χ4v) is 3.76. The van der Waals surface area contributed by atoms with Crippen LogP contribution in [0.5, 0.6) is 5.75 Å². The second-order valence-corrected chi connectivity index (χ2v) is 7.07. The van der Waals surface area contributed by atoms with Crippen molar-refractivity contribution < 1.29 is 19.1 Å². The van der Waals surface area contributed by atoms with Crippen molar-refractivity contribution in [3.63, 3.8) is 0 Å². The molecule has 1 aromatic heterocycles. The summed E-state index contributed by atoms with van der Waals surface area (Å²) in [5.74, 6) is 0.0975. The maximum absolute atomic E-state index is 12.5. The minimum atomic E-state index is -0.469. The van der Waals surface area contributed by atoms with E-state index >= 15 is 0 Å². The predicted octanol–water partition coefficient (Wildman–Crippen LogP) is 4.78. The number of carbonyl (C=O) groups is 2. The standard InChI is InChI=1S/C22H21NO4S/c1-3-27-17-11-9-15(10-12-17)13-20(24)23-18-14-19(16-7-5-4-6-8-16)28-21(18)22(25)26-2/h4-12,14H,3,13H2,1-2H3,(H,23,24). The first-order chi connectivity index (χ1) is 13.6. The molecule has 0 aliphatic rings. The third kappa shape index (κ3) is 4.78.